The second-order valence-electron chi connectivity index (χ2n) is 6.88. The molecule has 0 unspecified atom stereocenters. The molecule has 138 valence electrons. The van der Waals surface area contributed by atoms with Crippen molar-refractivity contribution < 1.29 is 18.7 Å². The van der Waals surface area contributed by atoms with E-state index in [4.69, 9.17) is 9.47 Å². The Bertz CT molecular complexity index is 762. The van der Waals surface area contributed by atoms with Crippen molar-refractivity contribution in [1.29, 1.82) is 0 Å². The minimum absolute atomic E-state index is 0.0432. The fourth-order valence-electron chi connectivity index (χ4n) is 3.77. The summed E-state index contributed by atoms with van der Waals surface area (Å²) in [5, 5.41) is 4.00. The van der Waals surface area contributed by atoms with E-state index in [2.05, 4.69) is 4.98 Å². The van der Waals surface area contributed by atoms with Gasteiger partial charge in [0.15, 0.2) is 5.82 Å². The number of nitrogens with zero attached hydrogens (tertiary/aromatic N) is 2. The number of rotatable bonds is 6. The topological polar surface area (TPSA) is 51.7 Å². The number of hydrogen-bond acceptors (Lipinski definition) is 5. The number of thiophene rings is 1. The number of amides is 1. The first-order valence-electron chi connectivity index (χ1n) is 8.82. The van der Waals surface area contributed by atoms with Gasteiger partial charge in [0.25, 0.3) is 0 Å². The van der Waals surface area contributed by atoms with Gasteiger partial charge in [-0.15, -0.1) is 0 Å². The summed E-state index contributed by atoms with van der Waals surface area (Å²) in [6, 6.07) is 4.87. The number of pyridine rings is 1. The van der Waals surface area contributed by atoms with Crippen LogP contribution in [0, 0.1) is 11.7 Å². The van der Waals surface area contributed by atoms with Crippen molar-refractivity contribution >= 4 is 17.2 Å². The average Bonchev–Trinajstić information content (AvgIpc) is 3.24. The summed E-state index contributed by atoms with van der Waals surface area (Å²) in [5.41, 5.74) is 0.812. The van der Waals surface area contributed by atoms with Gasteiger partial charge in [0, 0.05) is 12.8 Å². The molecule has 5 nitrogen and oxygen atoms in total. The first-order chi connectivity index (χ1) is 12.7. The number of hydrogen-bond donors (Lipinski definition) is 0. The molecule has 1 spiro atoms. The lowest BCUT2D eigenvalue weighted by molar-refractivity contribution is -0.165. The van der Waals surface area contributed by atoms with Crippen molar-refractivity contribution in [2.75, 3.05) is 26.3 Å². The summed E-state index contributed by atoms with van der Waals surface area (Å²) >= 11 is 1.61. The number of likely N-dealkylation sites (tertiary alicyclic amines) is 1. The van der Waals surface area contributed by atoms with Gasteiger partial charge in [-0.3, -0.25) is 4.79 Å². The first-order valence-corrected chi connectivity index (χ1v) is 9.77. The van der Waals surface area contributed by atoms with Crippen LogP contribution in [0.4, 0.5) is 4.39 Å². The maximum Gasteiger partial charge on any atom is 0.250 e. The Balaban J connectivity index is 1.28. The van der Waals surface area contributed by atoms with Crippen LogP contribution in [0.3, 0.4) is 0 Å². The standard InChI is InChI=1S/C19H21FN2O3S/c20-16-2-1-6-21-18(16)24-7-3-15-4-8-25-19(15)12-22(13-19)17(23)10-14-5-9-26-11-14/h1-2,5-6,9,11,15H,3-4,7-8,10,12-13H2/t15-/m0/s1. The van der Waals surface area contributed by atoms with Gasteiger partial charge in [-0.2, -0.15) is 11.3 Å². The summed E-state index contributed by atoms with van der Waals surface area (Å²) in [7, 11) is 0. The lowest BCUT2D eigenvalue weighted by Crippen LogP contribution is -2.66. The van der Waals surface area contributed by atoms with Gasteiger partial charge in [0.2, 0.25) is 11.8 Å². The average molecular weight is 376 g/mol. The van der Waals surface area contributed by atoms with Gasteiger partial charge in [0.1, 0.15) is 5.60 Å². The molecule has 2 aromatic rings. The highest BCUT2D eigenvalue weighted by Gasteiger charge is 2.53. The molecule has 0 bridgehead atoms. The first kappa shape index (κ1) is 17.4. The Morgan fingerprint density at radius 2 is 2.35 bits per heavy atom. The Hall–Kier alpha value is -1.99. The van der Waals surface area contributed by atoms with E-state index in [0.717, 1.165) is 18.4 Å². The lowest BCUT2D eigenvalue weighted by Gasteiger charge is -2.50. The van der Waals surface area contributed by atoms with Crippen LogP contribution in [-0.2, 0) is 16.0 Å². The zero-order chi connectivity index (χ0) is 18.0. The predicted octanol–water partition coefficient (Wildman–Crippen LogP) is 2.91. The Morgan fingerprint density at radius 3 is 3.12 bits per heavy atom. The maximum absolute atomic E-state index is 13.6. The summed E-state index contributed by atoms with van der Waals surface area (Å²) < 4.78 is 25.0. The maximum atomic E-state index is 13.6. The van der Waals surface area contributed by atoms with E-state index in [1.54, 1.807) is 11.3 Å². The van der Waals surface area contributed by atoms with Gasteiger partial charge < -0.3 is 14.4 Å². The van der Waals surface area contributed by atoms with E-state index in [9.17, 15) is 9.18 Å². The van der Waals surface area contributed by atoms with Crippen LogP contribution in [0.15, 0.2) is 35.2 Å². The summed E-state index contributed by atoms with van der Waals surface area (Å²) in [5.74, 6) is 0.0647. The van der Waals surface area contributed by atoms with Crippen molar-refractivity contribution in [2.45, 2.75) is 24.9 Å². The minimum atomic E-state index is -0.446. The van der Waals surface area contributed by atoms with Crippen molar-refractivity contribution in [3.63, 3.8) is 0 Å². The van der Waals surface area contributed by atoms with E-state index >= 15 is 0 Å². The molecule has 0 radical (unpaired) electrons. The zero-order valence-electron chi connectivity index (χ0n) is 14.4. The normalized spacial score (nSPS) is 21.0. The fraction of sp³-hybridized carbons (Fsp3) is 0.474. The lowest BCUT2D eigenvalue weighted by atomic mass is 9.79. The van der Waals surface area contributed by atoms with E-state index in [0.29, 0.717) is 38.6 Å². The molecule has 2 saturated heterocycles. The van der Waals surface area contributed by atoms with Gasteiger partial charge in [-0.25, -0.2) is 9.37 Å². The van der Waals surface area contributed by atoms with Crippen LogP contribution >= 0.6 is 11.3 Å². The SMILES string of the molecule is O=C(Cc1ccsc1)N1CC2(C1)OCC[C@@H]2CCOc1ncccc1F. The van der Waals surface area contributed by atoms with Crippen LogP contribution in [0.2, 0.25) is 0 Å². The number of halogens is 1. The monoisotopic (exact) mass is 376 g/mol. The largest absolute Gasteiger partial charge is 0.476 e. The molecule has 7 heteroatoms. The van der Waals surface area contributed by atoms with Crippen molar-refractivity contribution in [3.05, 3.63) is 46.5 Å². The zero-order valence-corrected chi connectivity index (χ0v) is 15.2. The van der Waals surface area contributed by atoms with Crippen LogP contribution < -0.4 is 4.74 Å². The van der Waals surface area contributed by atoms with Gasteiger partial charge in [-0.1, -0.05) is 0 Å². The Morgan fingerprint density at radius 1 is 1.46 bits per heavy atom. The van der Waals surface area contributed by atoms with Crippen LogP contribution in [0.1, 0.15) is 18.4 Å². The third-order valence-electron chi connectivity index (χ3n) is 5.23. The number of carbonyl (C=O) groups is 1. The smallest absolute Gasteiger partial charge is 0.250 e. The van der Waals surface area contributed by atoms with Gasteiger partial charge >= 0.3 is 0 Å². The summed E-state index contributed by atoms with van der Waals surface area (Å²) in [4.78, 5) is 18.1. The highest BCUT2D eigenvalue weighted by molar-refractivity contribution is 7.08. The number of aromatic nitrogens is 1. The molecule has 0 aromatic carbocycles. The molecule has 2 aliphatic heterocycles. The molecular formula is C19H21FN2O3S. The molecule has 1 atom stereocenters. The molecule has 1 amide bonds. The van der Waals surface area contributed by atoms with Gasteiger partial charge in [-0.05, 0) is 53.3 Å². The summed E-state index contributed by atoms with van der Waals surface area (Å²) in [6.45, 7) is 2.37. The van der Waals surface area contributed by atoms with Crippen molar-refractivity contribution in [2.24, 2.45) is 5.92 Å². The van der Waals surface area contributed by atoms with Gasteiger partial charge in [0.05, 0.1) is 26.1 Å². The Kier molecular flexibility index (Phi) is 4.91. The molecule has 4 heterocycles. The quantitative estimate of drug-likeness (QED) is 0.778. The number of carbonyl (C=O) groups excluding carboxylic acids is 1. The fourth-order valence-corrected chi connectivity index (χ4v) is 4.44. The second-order valence-corrected chi connectivity index (χ2v) is 7.66. The van der Waals surface area contributed by atoms with Crippen molar-refractivity contribution in [1.82, 2.24) is 9.88 Å². The second kappa shape index (κ2) is 7.32. The Labute approximate surface area is 155 Å². The minimum Gasteiger partial charge on any atom is -0.476 e. The molecule has 0 N–H and O–H groups in total. The predicted molar refractivity (Wildman–Crippen MR) is 95.7 cm³/mol. The third kappa shape index (κ3) is 3.46. The molecule has 4 rings (SSSR count). The molecule has 0 saturated carbocycles. The highest BCUT2D eigenvalue weighted by Crippen LogP contribution is 2.41. The van der Waals surface area contributed by atoms with E-state index in [1.807, 2.05) is 21.7 Å². The van der Waals surface area contributed by atoms with E-state index in [1.165, 1.54) is 18.3 Å². The molecule has 2 aromatic heterocycles. The molecule has 26 heavy (non-hydrogen) atoms. The van der Waals surface area contributed by atoms with Crippen LogP contribution in [0.25, 0.3) is 0 Å². The summed E-state index contributed by atoms with van der Waals surface area (Å²) in [6.07, 6.45) is 3.68. The molecule has 2 fully saturated rings. The third-order valence-corrected chi connectivity index (χ3v) is 5.97. The highest BCUT2D eigenvalue weighted by atomic mass is 32.1. The van der Waals surface area contributed by atoms with E-state index < -0.39 is 5.82 Å². The molecule has 0 aliphatic carbocycles. The molecular weight excluding hydrogens is 355 g/mol. The van der Waals surface area contributed by atoms with Crippen molar-refractivity contribution in [3.8, 4) is 5.88 Å². The number of ether oxygens (including phenoxy) is 2. The van der Waals surface area contributed by atoms with Crippen LogP contribution in [-0.4, -0.2) is 47.7 Å². The van der Waals surface area contributed by atoms with Crippen LogP contribution in [0.5, 0.6) is 5.88 Å². The molecule has 2 aliphatic rings. The van der Waals surface area contributed by atoms with E-state index in [-0.39, 0.29) is 17.4 Å².